The van der Waals surface area contributed by atoms with E-state index in [-0.39, 0.29) is 0 Å². The number of hydrogen-bond acceptors (Lipinski definition) is 5. The maximum absolute atomic E-state index is 11.5. The molecule has 1 aliphatic heterocycles. The van der Waals surface area contributed by atoms with Gasteiger partial charge in [-0.2, -0.15) is 5.26 Å². The van der Waals surface area contributed by atoms with Crippen LogP contribution >= 0.6 is 0 Å². The standard InChI is InChI=1S/C20H21N3O2.C2HFO2/c1-22-11-10-19-17(13-22)16-4-2-3-5-18(16)23(19)12-14-6-8-15(9-7-14)20(24)21-25;3-1-2-5-4/h2-9,25H,10-13H2,1H3,(H,21,24);4H. The van der Waals surface area contributed by atoms with Crippen molar-refractivity contribution in [1.29, 1.82) is 0 Å². The molecule has 1 aromatic heterocycles. The Labute approximate surface area is 173 Å². The number of carbonyl (C=O) groups is 1. The van der Waals surface area contributed by atoms with Crippen LogP contribution in [-0.4, -0.2) is 39.4 Å². The van der Waals surface area contributed by atoms with Gasteiger partial charge in [0.15, 0.2) is 12.3 Å². The van der Waals surface area contributed by atoms with Crippen molar-refractivity contribution in [2.24, 2.45) is 0 Å². The van der Waals surface area contributed by atoms with Gasteiger partial charge in [-0.15, -0.1) is 4.39 Å². The van der Waals surface area contributed by atoms with Crippen LogP contribution in [0.1, 0.15) is 27.2 Å². The third-order valence-electron chi connectivity index (χ3n) is 5.10. The molecule has 3 N–H and O–H groups in total. The highest BCUT2D eigenvalue weighted by atomic mass is 19.1. The number of benzene rings is 2. The summed E-state index contributed by atoms with van der Waals surface area (Å²) in [7, 11) is 2.17. The molecular formula is C22H22FN3O4. The molecule has 0 aliphatic carbocycles. The highest BCUT2D eigenvalue weighted by Crippen LogP contribution is 2.31. The predicted molar refractivity (Wildman–Crippen MR) is 109 cm³/mol. The highest BCUT2D eigenvalue weighted by Gasteiger charge is 2.22. The Morgan fingerprint density at radius 1 is 1.23 bits per heavy atom. The second-order valence-corrected chi connectivity index (χ2v) is 6.94. The molecule has 2 aromatic carbocycles. The van der Waals surface area contributed by atoms with Gasteiger partial charge >= 0.3 is 0 Å². The molecule has 30 heavy (non-hydrogen) atoms. The predicted octanol–water partition coefficient (Wildman–Crippen LogP) is 3.16. The van der Waals surface area contributed by atoms with Crippen LogP contribution in [0.4, 0.5) is 4.39 Å². The molecule has 0 fully saturated rings. The molecule has 0 saturated carbocycles. The molecule has 0 bridgehead atoms. The lowest BCUT2D eigenvalue weighted by Gasteiger charge is -2.24. The van der Waals surface area contributed by atoms with Crippen LogP contribution in [0.3, 0.4) is 0 Å². The van der Waals surface area contributed by atoms with Gasteiger partial charge in [0.25, 0.3) is 5.91 Å². The lowest BCUT2D eigenvalue weighted by molar-refractivity contribution is -0.172. The molecule has 7 nitrogen and oxygen atoms in total. The summed E-state index contributed by atoms with van der Waals surface area (Å²) in [5.41, 5.74) is 7.36. The Morgan fingerprint density at radius 3 is 2.60 bits per heavy atom. The van der Waals surface area contributed by atoms with Crippen LogP contribution < -0.4 is 5.48 Å². The van der Waals surface area contributed by atoms with Gasteiger partial charge in [-0.25, -0.2) is 5.48 Å². The van der Waals surface area contributed by atoms with E-state index < -0.39 is 5.91 Å². The number of halogens is 1. The summed E-state index contributed by atoms with van der Waals surface area (Å²) >= 11 is 0. The third kappa shape index (κ3) is 4.60. The molecule has 2 heterocycles. The summed E-state index contributed by atoms with van der Waals surface area (Å²) in [5, 5.41) is 17.2. The van der Waals surface area contributed by atoms with Crippen LogP contribution in [-0.2, 0) is 24.4 Å². The van der Waals surface area contributed by atoms with Gasteiger partial charge < -0.3 is 9.47 Å². The molecule has 4 rings (SSSR count). The number of nitrogens with zero attached hydrogens (tertiary/aromatic N) is 2. The SMILES string of the molecule is CN1CCc2c(c3ccccc3n2Cc2ccc(C(=O)NO)cc2)C1.OOC#CF. The van der Waals surface area contributed by atoms with E-state index in [2.05, 4.69) is 45.7 Å². The monoisotopic (exact) mass is 411 g/mol. The van der Waals surface area contributed by atoms with Crippen molar-refractivity contribution in [3.63, 3.8) is 0 Å². The molecule has 0 spiro atoms. The van der Waals surface area contributed by atoms with Gasteiger partial charge in [0, 0.05) is 48.2 Å². The topological polar surface area (TPSA) is 87.0 Å². The molecule has 0 radical (unpaired) electrons. The summed E-state index contributed by atoms with van der Waals surface area (Å²) in [6.45, 7) is 2.83. The number of para-hydroxylation sites is 1. The van der Waals surface area contributed by atoms with Gasteiger partial charge in [0.05, 0.1) is 0 Å². The first-order valence-electron chi connectivity index (χ1n) is 9.31. The molecular weight excluding hydrogens is 389 g/mol. The lowest BCUT2D eigenvalue weighted by Crippen LogP contribution is -2.27. The Kier molecular flexibility index (Phi) is 7.03. The largest absolute Gasteiger partial charge is 0.340 e. The van der Waals surface area contributed by atoms with Crippen molar-refractivity contribution < 1.29 is 24.5 Å². The quantitative estimate of drug-likeness (QED) is 0.267. The maximum Gasteiger partial charge on any atom is 0.274 e. The minimum atomic E-state index is -0.488. The first-order chi connectivity index (χ1) is 14.6. The average Bonchev–Trinajstić information content (AvgIpc) is 3.08. The fourth-order valence-electron chi connectivity index (χ4n) is 3.74. The van der Waals surface area contributed by atoms with E-state index >= 15 is 0 Å². The number of amides is 1. The zero-order valence-electron chi connectivity index (χ0n) is 16.4. The number of likely N-dealkylation sites (N-methyl/N-ethyl adjacent to an activating group) is 1. The van der Waals surface area contributed by atoms with Crippen molar-refractivity contribution in [1.82, 2.24) is 14.9 Å². The zero-order valence-corrected chi connectivity index (χ0v) is 16.4. The van der Waals surface area contributed by atoms with Crippen LogP contribution in [0.25, 0.3) is 10.9 Å². The van der Waals surface area contributed by atoms with E-state index in [0.717, 1.165) is 37.8 Å². The summed E-state index contributed by atoms with van der Waals surface area (Å²) in [5.74, 6) is -0.488. The van der Waals surface area contributed by atoms with Crippen LogP contribution in [0, 0.1) is 12.3 Å². The molecule has 3 aromatic rings. The third-order valence-corrected chi connectivity index (χ3v) is 5.10. The Bertz CT molecular complexity index is 1080. The maximum atomic E-state index is 11.5. The van der Waals surface area contributed by atoms with E-state index in [1.54, 1.807) is 17.6 Å². The highest BCUT2D eigenvalue weighted by molar-refractivity contribution is 5.93. The zero-order chi connectivity index (χ0) is 21.5. The van der Waals surface area contributed by atoms with Gasteiger partial charge in [0.2, 0.25) is 0 Å². The second kappa shape index (κ2) is 9.89. The Balaban J connectivity index is 0.000000461. The van der Waals surface area contributed by atoms with E-state index in [1.807, 2.05) is 12.1 Å². The number of aromatic nitrogens is 1. The summed E-state index contributed by atoms with van der Waals surface area (Å²) in [6.07, 6.45) is 3.09. The molecule has 156 valence electrons. The second-order valence-electron chi connectivity index (χ2n) is 6.94. The molecule has 0 unspecified atom stereocenters. The summed E-state index contributed by atoms with van der Waals surface area (Å²) < 4.78 is 12.7. The van der Waals surface area contributed by atoms with Gasteiger partial charge in [-0.05, 0) is 36.4 Å². The van der Waals surface area contributed by atoms with Crippen molar-refractivity contribution in [3.8, 4) is 12.3 Å². The number of hydroxylamine groups is 1. The number of nitrogens with one attached hydrogen (secondary N) is 1. The van der Waals surface area contributed by atoms with E-state index in [4.69, 9.17) is 10.5 Å². The van der Waals surface area contributed by atoms with Crippen molar-refractivity contribution in [2.75, 3.05) is 13.6 Å². The molecule has 1 amide bonds. The minimum Gasteiger partial charge on any atom is -0.340 e. The molecule has 1 aliphatic rings. The van der Waals surface area contributed by atoms with Crippen LogP contribution in [0.15, 0.2) is 48.5 Å². The fraction of sp³-hybridized carbons (Fsp3) is 0.227. The average molecular weight is 411 g/mol. The van der Waals surface area contributed by atoms with Gasteiger partial charge in [-0.3, -0.25) is 14.9 Å². The first kappa shape index (κ1) is 21.3. The van der Waals surface area contributed by atoms with Gasteiger partial charge in [0.1, 0.15) is 0 Å². The van der Waals surface area contributed by atoms with Crippen molar-refractivity contribution >= 4 is 16.8 Å². The summed E-state index contributed by atoms with van der Waals surface area (Å²) in [6, 6.07) is 16.0. The van der Waals surface area contributed by atoms with E-state index in [9.17, 15) is 9.18 Å². The normalized spacial score (nSPS) is 12.8. The van der Waals surface area contributed by atoms with Gasteiger partial charge in [-0.1, -0.05) is 30.3 Å². The van der Waals surface area contributed by atoms with Crippen LogP contribution in [0.2, 0.25) is 0 Å². The van der Waals surface area contributed by atoms with Crippen molar-refractivity contribution in [3.05, 3.63) is 70.9 Å². The number of fused-ring (bicyclic) bond motifs is 3. The molecule has 0 saturated heterocycles. The number of carbonyl (C=O) groups excluding carboxylic acids is 1. The molecule has 0 atom stereocenters. The minimum absolute atomic E-state index is 0.451. The smallest absolute Gasteiger partial charge is 0.274 e. The molecule has 8 heteroatoms. The lowest BCUT2D eigenvalue weighted by atomic mass is 10.1. The Morgan fingerprint density at radius 2 is 1.97 bits per heavy atom. The fourth-order valence-corrected chi connectivity index (χ4v) is 3.74. The van der Waals surface area contributed by atoms with Crippen LogP contribution in [0.5, 0.6) is 0 Å². The van der Waals surface area contributed by atoms with E-state index in [1.165, 1.54) is 28.3 Å². The number of hydrogen-bond donors (Lipinski definition) is 3. The van der Waals surface area contributed by atoms with E-state index in [0.29, 0.717) is 5.56 Å². The Hall–Kier alpha value is -3.38. The summed E-state index contributed by atoms with van der Waals surface area (Å²) in [4.78, 5) is 16.8. The van der Waals surface area contributed by atoms with Crippen molar-refractivity contribution in [2.45, 2.75) is 19.5 Å². The first-order valence-corrected chi connectivity index (χ1v) is 9.31. The number of rotatable bonds is 3.